The highest BCUT2D eigenvalue weighted by Gasteiger charge is 2.12. The lowest BCUT2D eigenvalue weighted by atomic mass is 10.1. The van der Waals surface area contributed by atoms with Crippen molar-refractivity contribution in [3.05, 3.63) is 65.2 Å². The zero-order valence-corrected chi connectivity index (χ0v) is 17.4. The van der Waals surface area contributed by atoms with Crippen molar-refractivity contribution < 1.29 is 17.9 Å². The number of methoxy groups -OCH3 is 1. The van der Waals surface area contributed by atoms with E-state index in [4.69, 9.17) is 4.74 Å². The van der Waals surface area contributed by atoms with Crippen LogP contribution in [0.1, 0.15) is 37.0 Å². The monoisotopic (exact) mass is 404 g/mol. The second kappa shape index (κ2) is 10.2. The number of hydrogen-bond acceptors (Lipinski definition) is 4. The van der Waals surface area contributed by atoms with Crippen molar-refractivity contribution in [1.29, 1.82) is 0 Å². The van der Waals surface area contributed by atoms with Gasteiger partial charge in [-0.1, -0.05) is 36.4 Å². The van der Waals surface area contributed by atoms with E-state index in [9.17, 15) is 13.2 Å². The molecule has 0 aliphatic heterocycles. The quantitative estimate of drug-likeness (QED) is 0.638. The fourth-order valence-electron chi connectivity index (χ4n) is 2.71. The van der Waals surface area contributed by atoms with Gasteiger partial charge in [0.15, 0.2) is 0 Å². The van der Waals surface area contributed by atoms with E-state index in [1.807, 2.05) is 36.4 Å². The Morgan fingerprint density at radius 3 is 2.11 bits per heavy atom. The number of aryl methyl sites for hydroxylation is 1. The van der Waals surface area contributed by atoms with Crippen LogP contribution in [-0.4, -0.2) is 27.5 Å². The van der Waals surface area contributed by atoms with E-state index in [-0.39, 0.29) is 17.7 Å². The number of carbonyl (C=O) groups is 1. The van der Waals surface area contributed by atoms with Gasteiger partial charge in [0.25, 0.3) is 0 Å². The van der Waals surface area contributed by atoms with Crippen LogP contribution in [0.15, 0.2) is 48.5 Å². The van der Waals surface area contributed by atoms with Gasteiger partial charge in [0, 0.05) is 19.0 Å². The molecule has 0 aliphatic rings. The number of benzene rings is 2. The standard InChI is InChI=1S/C21H28N2O4S/c1-16(2)23-28(25,26)15-19-6-4-18(5-7-19)14-22-21(24)13-10-17-8-11-20(27-3)12-9-17/h4-9,11-12,16,23H,10,13-15H2,1-3H3,(H,22,24). The summed E-state index contributed by atoms with van der Waals surface area (Å²) in [4.78, 5) is 12.0. The minimum absolute atomic E-state index is 0.0244. The molecule has 0 aliphatic carbocycles. The maximum Gasteiger partial charge on any atom is 0.220 e. The third-order valence-electron chi connectivity index (χ3n) is 4.08. The Balaban J connectivity index is 1.78. The Morgan fingerprint density at radius 2 is 1.54 bits per heavy atom. The molecular weight excluding hydrogens is 376 g/mol. The number of carbonyl (C=O) groups excluding carboxylic acids is 1. The molecular formula is C21H28N2O4S. The molecule has 0 bridgehead atoms. The molecule has 0 saturated carbocycles. The van der Waals surface area contributed by atoms with Crippen LogP contribution in [0.2, 0.25) is 0 Å². The Kier molecular flexibility index (Phi) is 8.02. The molecule has 2 aromatic rings. The van der Waals surface area contributed by atoms with Gasteiger partial charge < -0.3 is 10.1 Å². The average molecular weight is 405 g/mol. The Morgan fingerprint density at radius 1 is 0.964 bits per heavy atom. The van der Waals surface area contributed by atoms with Crippen LogP contribution in [0.25, 0.3) is 0 Å². The minimum atomic E-state index is -3.34. The SMILES string of the molecule is COc1ccc(CCC(=O)NCc2ccc(CS(=O)(=O)NC(C)C)cc2)cc1. The van der Waals surface area contributed by atoms with E-state index in [2.05, 4.69) is 10.0 Å². The van der Waals surface area contributed by atoms with E-state index in [1.54, 1.807) is 33.1 Å². The van der Waals surface area contributed by atoms with Crippen molar-refractivity contribution in [3.63, 3.8) is 0 Å². The molecule has 0 fully saturated rings. The van der Waals surface area contributed by atoms with Crippen molar-refractivity contribution >= 4 is 15.9 Å². The number of rotatable bonds is 10. The van der Waals surface area contributed by atoms with Gasteiger partial charge in [-0.2, -0.15) is 0 Å². The lowest BCUT2D eigenvalue weighted by Gasteiger charge is -2.10. The Hall–Kier alpha value is -2.38. The van der Waals surface area contributed by atoms with E-state index in [0.717, 1.165) is 16.9 Å². The average Bonchev–Trinajstić information content (AvgIpc) is 2.65. The number of nitrogens with one attached hydrogen (secondary N) is 2. The smallest absolute Gasteiger partial charge is 0.220 e. The van der Waals surface area contributed by atoms with Crippen LogP contribution in [0.3, 0.4) is 0 Å². The molecule has 0 heterocycles. The van der Waals surface area contributed by atoms with Gasteiger partial charge in [-0.05, 0) is 49.1 Å². The van der Waals surface area contributed by atoms with Crippen LogP contribution < -0.4 is 14.8 Å². The summed E-state index contributed by atoms with van der Waals surface area (Å²) < 4.78 is 31.6. The molecule has 7 heteroatoms. The maximum absolute atomic E-state index is 12.0. The number of hydrogen-bond donors (Lipinski definition) is 2. The summed E-state index contributed by atoms with van der Waals surface area (Å²) in [5.41, 5.74) is 2.72. The van der Waals surface area contributed by atoms with E-state index in [0.29, 0.717) is 24.9 Å². The van der Waals surface area contributed by atoms with Crippen LogP contribution in [-0.2, 0) is 33.5 Å². The lowest BCUT2D eigenvalue weighted by Crippen LogP contribution is -2.31. The molecule has 0 spiro atoms. The first-order chi connectivity index (χ1) is 13.3. The molecule has 0 radical (unpaired) electrons. The fourth-order valence-corrected chi connectivity index (χ4v) is 4.15. The second-order valence-electron chi connectivity index (χ2n) is 6.97. The number of amides is 1. The predicted molar refractivity (Wildman–Crippen MR) is 110 cm³/mol. The molecule has 2 N–H and O–H groups in total. The maximum atomic E-state index is 12.0. The van der Waals surface area contributed by atoms with Crippen molar-refractivity contribution in [2.24, 2.45) is 0 Å². The van der Waals surface area contributed by atoms with Gasteiger partial charge in [0.1, 0.15) is 5.75 Å². The first-order valence-electron chi connectivity index (χ1n) is 9.25. The van der Waals surface area contributed by atoms with Gasteiger partial charge in [0.05, 0.1) is 12.9 Å². The molecule has 28 heavy (non-hydrogen) atoms. The van der Waals surface area contributed by atoms with Gasteiger partial charge in [-0.25, -0.2) is 13.1 Å². The third kappa shape index (κ3) is 7.70. The van der Waals surface area contributed by atoms with E-state index < -0.39 is 10.0 Å². The molecule has 2 aromatic carbocycles. The Labute approximate surface area is 167 Å². The number of ether oxygens (including phenoxy) is 1. The molecule has 1 amide bonds. The van der Waals surface area contributed by atoms with Gasteiger partial charge in [-0.15, -0.1) is 0 Å². The summed E-state index contributed by atoms with van der Waals surface area (Å²) in [6.07, 6.45) is 1.07. The molecule has 0 saturated heterocycles. The van der Waals surface area contributed by atoms with Crippen LogP contribution in [0, 0.1) is 0 Å². The summed E-state index contributed by atoms with van der Waals surface area (Å²) in [6, 6.07) is 14.8. The highest BCUT2D eigenvalue weighted by atomic mass is 32.2. The van der Waals surface area contributed by atoms with Gasteiger partial charge >= 0.3 is 0 Å². The first kappa shape index (κ1) is 21.9. The summed E-state index contributed by atoms with van der Waals surface area (Å²) in [5, 5.41) is 2.89. The minimum Gasteiger partial charge on any atom is -0.497 e. The number of sulfonamides is 1. The van der Waals surface area contributed by atoms with Crippen LogP contribution in [0.4, 0.5) is 0 Å². The van der Waals surface area contributed by atoms with Crippen molar-refractivity contribution in [2.45, 2.75) is 45.0 Å². The molecule has 0 atom stereocenters. The van der Waals surface area contributed by atoms with E-state index >= 15 is 0 Å². The normalized spacial score (nSPS) is 11.4. The second-order valence-corrected chi connectivity index (χ2v) is 8.73. The van der Waals surface area contributed by atoms with Crippen LogP contribution in [0.5, 0.6) is 5.75 Å². The summed E-state index contributed by atoms with van der Waals surface area (Å²) in [5.74, 6) is 0.715. The molecule has 0 aromatic heterocycles. The van der Waals surface area contributed by atoms with E-state index in [1.165, 1.54) is 0 Å². The zero-order valence-electron chi connectivity index (χ0n) is 16.6. The lowest BCUT2D eigenvalue weighted by molar-refractivity contribution is -0.121. The Bertz CT molecular complexity index is 860. The summed E-state index contributed by atoms with van der Waals surface area (Å²) in [6.45, 7) is 3.99. The highest BCUT2D eigenvalue weighted by molar-refractivity contribution is 7.88. The van der Waals surface area contributed by atoms with Crippen molar-refractivity contribution in [2.75, 3.05) is 7.11 Å². The molecule has 2 rings (SSSR count). The van der Waals surface area contributed by atoms with Gasteiger partial charge in [0.2, 0.25) is 15.9 Å². The predicted octanol–water partition coefficient (Wildman–Crippen LogP) is 2.77. The van der Waals surface area contributed by atoms with Gasteiger partial charge in [-0.3, -0.25) is 4.79 Å². The van der Waals surface area contributed by atoms with Crippen molar-refractivity contribution in [1.82, 2.24) is 10.0 Å². The molecule has 0 unspecified atom stereocenters. The molecule has 6 nitrogen and oxygen atoms in total. The summed E-state index contributed by atoms with van der Waals surface area (Å²) in [7, 11) is -1.72. The topological polar surface area (TPSA) is 84.5 Å². The van der Waals surface area contributed by atoms with Crippen molar-refractivity contribution in [3.8, 4) is 5.75 Å². The summed E-state index contributed by atoms with van der Waals surface area (Å²) >= 11 is 0. The highest BCUT2D eigenvalue weighted by Crippen LogP contribution is 2.13. The molecule has 152 valence electrons. The fraction of sp³-hybridized carbons (Fsp3) is 0.381. The van der Waals surface area contributed by atoms with Crippen LogP contribution >= 0.6 is 0 Å². The largest absolute Gasteiger partial charge is 0.497 e. The first-order valence-corrected chi connectivity index (χ1v) is 10.9. The zero-order chi connectivity index (χ0) is 20.6. The third-order valence-corrected chi connectivity index (χ3v) is 5.63.